The second-order valence-electron chi connectivity index (χ2n) is 6.65. The van der Waals surface area contributed by atoms with Crippen LogP contribution in [0.3, 0.4) is 0 Å². The van der Waals surface area contributed by atoms with Crippen LogP contribution in [0.25, 0.3) is 0 Å². The number of amides is 2. The van der Waals surface area contributed by atoms with E-state index in [2.05, 4.69) is 10.2 Å². The normalized spacial score (nSPS) is 20.9. The van der Waals surface area contributed by atoms with Crippen molar-refractivity contribution >= 4 is 23.6 Å². The van der Waals surface area contributed by atoms with E-state index in [1.165, 1.54) is 0 Å². The van der Waals surface area contributed by atoms with Gasteiger partial charge in [-0.25, -0.2) is 9.59 Å². The summed E-state index contributed by atoms with van der Waals surface area (Å²) in [4.78, 5) is 29.6. The van der Waals surface area contributed by atoms with E-state index in [0.717, 1.165) is 18.7 Å². The van der Waals surface area contributed by atoms with Crippen LogP contribution in [0.5, 0.6) is 0 Å². The number of hydrogen-bond donors (Lipinski definition) is 1. The third-order valence-electron chi connectivity index (χ3n) is 4.91. The molecule has 28 heavy (non-hydrogen) atoms. The van der Waals surface area contributed by atoms with Crippen LogP contribution in [0.2, 0.25) is 5.02 Å². The molecular formula is C20H26ClN3O4. The molecule has 0 bridgehead atoms. The minimum absolute atomic E-state index is 0.233. The van der Waals surface area contributed by atoms with Crippen molar-refractivity contribution in [3.8, 4) is 0 Å². The topological polar surface area (TPSA) is 71.1 Å². The number of nitrogens with one attached hydrogen (secondary N) is 1. The molecule has 0 aromatic heterocycles. The number of esters is 1. The number of ether oxygens (including phenoxy) is 2. The van der Waals surface area contributed by atoms with Gasteiger partial charge in [-0.15, -0.1) is 0 Å². The fraction of sp³-hybridized carbons (Fsp3) is 0.500. The average molecular weight is 408 g/mol. The Morgan fingerprint density at radius 2 is 2.07 bits per heavy atom. The molecule has 0 aliphatic carbocycles. The van der Waals surface area contributed by atoms with Crippen molar-refractivity contribution in [1.82, 2.24) is 15.1 Å². The second-order valence-corrected chi connectivity index (χ2v) is 7.09. The molecular weight excluding hydrogens is 382 g/mol. The van der Waals surface area contributed by atoms with Crippen LogP contribution in [-0.4, -0.2) is 67.8 Å². The first-order chi connectivity index (χ1) is 13.5. The molecule has 0 saturated carbocycles. The van der Waals surface area contributed by atoms with Gasteiger partial charge in [0.1, 0.15) is 0 Å². The SMILES string of the molecule is CCOC(=O)C1=C(CN2CCOCC2)N(CC)C(=O)N[C@H]1c1cccc(Cl)c1. The Balaban J connectivity index is 2.08. The van der Waals surface area contributed by atoms with Crippen LogP contribution in [0.1, 0.15) is 25.5 Å². The maximum atomic E-state index is 13.0. The van der Waals surface area contributed by atoms with Crippen LogP contribution >= 0.6 is 11.6 Å². The first-order valence-electron chi connectivity index (χ1n) is 9.58. The van der Waals surface area contributed by atoms with E-state index < -0.39 is 12.0 Å². The van der Waals surface area contributed by atoms with Crippen molar-refractivity contribution in [2.75, 3.05) is 46.0 Å². The van der Waals surface area contributed by atoms with Gasteiger partial charge in [0.2, 0.25) is 0 Å². The number of morpholine rings is 1. The van der Waals surface area contributed by atoms with Crippen molar-refractivity contribution in [2.45, 2.75) is 19.9 Å². The summed E-state index contributed by atoms with van der Waals surface area (Å²) in [6.07, 6.45) is 0. The second kappa shape index (κ2) is 9.41. The zero-order chi connectivity index (χ0) is 20.1. The predicted octanol–water partition coefficient (Wildman–Crippen LogP) is 2.58. The van der Waals surface area contributed by atoms with Crippen LogP contribution < -0.4 is 5.32 Å². The smallest absolute Gasteiger partial charge is 0.338 e. The van der Waals surface area contributed by atoms with Gasteiger partial charge in [-0.1, -0.05) is 23.7 Å². The molecule has 2 heterocycles. The van der Waals surface area contributed by atoms with Gasteiger partial charge in [-0.2, -0.15) is 0 Å². The van der Waals surface area contributed by atoms with Gasteiger partial charge >= 0.3 is 12.0 Å². The predicted molar refractivity (Wildman–Crippen MR) is 106 cm³/mol. The van der Waals surface area contributed by atoms with E-state index in [1.807, 2.05) is 13.0 Å². The van der Waals surface area contributed by atoms with E-state index in [4.69, 9.17) is 21.1 Å². The van der Waals surface area contributed by atoms with E-state index in [1.54, 1.807) is 30.0 Å². The number of nitrogens with zero attached hydrogens (tertiary/aromatic N) is 2. The first-order valence-corrected chi connectivity index (χ1v) is 9.96. The molecule has 0 radical (unpaired) electrons. The highest BCUT2D eigenvalue weighted by Gasteiger charge is 2.38. The average Bonchev–Trinajstić information content (AvgIpc) is 2.68. The van der Waals surface area contributed by atoms with Gasteiger partial charge in [0.15, 0.2) is 0 Å². The lowest BCUT2D eigenvalue weighted by Crippen LogP contribution is -2.51. The maximum absolute atomic E-state index is 13.0. The number of hydrogen-bond acceptors (Lipinski definition) is 5. The van der Waals surface area contributed by atoms with Gasteiger partial charge < -0.3 is 14.8 Å². The summed E-state index contributed by atoms with van der Waals surface area (Å²) >= 11 is 6.16. The molecule has 2 amide bonds. The van der Waals surface area contributed by atoms with Crippen LogP contribution in [0, 0.1) is 0 Å². The van der Waals surface area contributed by atoms with Crippen LogP contribution in [-0.2, 0) is 14.3 Å². The lowest BCUT2D eigenvalue weighted by atomic mass is 9.94. The number of likely N-dealkylation sites (N-methyl/N-ethyl adjacent to an activating group) is 1. The Hall–Kier alpha value is -2.09. The van der Waals surface area contributed by atoms with Gasteiger partial charge in [0.05, 0.1) is 31.4 Å². The van der Waals surface area contributed by atoms with E-state index in [-0.39, 0.29) is 12.6 Å². The molecule has 1 fully saturated rings. The Bertz CT molecular complexity index is 762. The van der Waals surface area contributed by atoms with E-state index >= 15 is 0 Å². The van der Waals surface area contributed by atoms with Crippen molar-refractivity contribution in [3.63, 3.8) is 0 Å². The van der Waals surface area contributed by atoms with Crippen molar-refractivity contribution in [2.24, 2.45) is 0 Å². The Kier molecular flexibility index (Phi) is 6.93. The monoisotopic (exact) mass is 407 g/mol. The molecule has 1 aromatic carbocycles. The standard InChI is InChI=1S/C20H26ClN3O4/c1-3-24-16(13-23-8-10-27-11-9-23)17(19(25)28-4-2)18(22-20(24)26)14-6-5-7-15(21)12-14/h5-7,12,18H,3-4,8-11,13H2,1-2H3,(H,22,26)/t18-/m0/s1. The Morgan fingerprint density at radius 3 is 2.71 bits per heavy atom. The molecule has 3 rings (SSSR count). The van der Waals surface area contributed by atoms with Gasteiger partial charge in [-0.3, -0.25) is 9.80 Å². The zero-order valence-electron chi connectivity index (χ0n) is 16.2. The van der Waals surface area contributed by atoms with E-state index in [9.17, 15) is 9.59 Å². The number of carbonyl (C=O) groups excluding carboxylic acids is 2. The minimum Gasteiger partial charge on any atom is -0.463 e. The molecule has 1 atom stereocenters. The maximum Gasteiger partial charge on any atom is 0.338 e. The number of benzene rings is 1. The lowest BCUT2D eigenvalue weighted by molar-refractivity contribution is -0.139. The van der Waals surface area contributed by atoms with Gasteiger partial charge in [0.25, 0.3) is 0 Å². The van der Waals surface area contributed by atoms with Crippen molar-refractivity contribution in [3.05, 3.63) is 46.1 Å². The van der Waals surface area contributed by atoms with Gasteiger partial charge in [0, 0.05) is 36.9 Å². The fourth-order valence-electron chi connectivity index (χ4n) is 3.56. The highest BCUT2D eigenvalue weighted by atomic mass is 35.5. The highest BCUT2D eigenvalue weighted by Crippen LogP contribution is 2.33. The summed E-state index contributed by atoms with van der Waals surface area (Å²) in [5, 5.41) is 3.49. The number of halogens is 1. The lowest BCUT2D eigenvalue weighted by Gasteiger charge is -2.38. The van der Waals surface area contributed by atoms with Crippen molar-refractivity contribution in [1.29, 1.82) is 0 Å². The summed E-state index contributed by atoms with van der Waals surface area (Å²) in [7, 11) is 0. The Morgan fingerprint density at radius 1 is 1.32 bits per heavy atom. The van der Waals surface area contributed by atoms with E-state index in [0.29, 0.717) is 42.6 Å². The molecule has 0 unspecified atom stereocenters. The Labute approximate surface area is 170 Å². The third-order valence-corrected chi connectivity index (χ3v) is 5.14. The molecule has 1 N–H and O–H groups in total. The highest BCUT2D eigenvalue weighted by molar-refractivity contribution is 6.30. The summed E-state index contributed by atoms with van der Waals surface area (Å²) in [5.74, 6) is -0.422. The summed E-state index contributed by atoms with van der Waals surface area (Å²) < 4.78 is 10.8. The number of urea groups is 1. The third kappa shape index (κ3) is 4.48. The molecule has 0 spiro atoms. The van der Waals surface area contributed by atoms with Gasteiger partial charge in [-0.05, 0) is 31.5 Å². The number of carbonyl (C=O) groups is 2. The molecule has 8 heteroatoms. The largest absolute Gasteiger partial charge is 0.463 e. The van der Waals surface area contributed by atoms with Crippen LogP contribution in [0.4, 0.5) is 4.79 Å². The fourth-order valence-corrected chi connectivity index (χ4v) is 3.76. The molecule has 1 saturated heterocycles. The number of rotatable bonds is 6. The summed E-state index contributed by atoms with van der Waals surface area (Å²) in [5.41, 5.74) is 1.88. The molecule has 1 aromatic rings. The molecule has 2 aliphatic heterocycles. The first kappa shape index (κ1) is 20.6. The zero-order valence-corrected chi connectivity index (χ0v) is 17.0. The summed E-state index contributed by atoms with van der Waals surface area (Å²) in [6, 6.07) is 6.34. The summed E-state index contributed by atoms with van der Waals surface area (Å²) in [6.45, 7) is 7.63. The van der Waals surface area contributed by atoms with Crippen molar-refractivity contribution < 1.29 is 19.1 Å². The van der Waals surface area contributed by atoms with Crippen LogP contribution in [0.15, 0.2) is 35.5 Å². The molecule has 152 valence electrons. The molecule has 2 aliphatic rings. The quantitative estimate of drug-likeness (QED) is 0.734. The molecule has 7 nitrogen and oxygen atoms in total. The minimum atomic E-state index is -0.607.